The second-order valence-electron chi connectivity index (χ2n) is 4.62. The number of hydrogen-bond donors (Lipinski definition) is 2. The molecule has 1 atom stereocenters. The Morgan fingerprint density at radius 3 is 2.90 bits per heavy atom. The van der Waals surface area contributed by atoms with Crippen LogP contribution >= 0.6 is 22.9 Å². The topological polar surface area (TPSA) is 66.4 Å². The highest BCUT2D eigenvalue weighted by Gasteiger charge is 2.46. The van der Waals surface area contributed by atoms with Crippen LogP contribution < -0.4 is 5.32 Å². The molecule has 2 aromatic rings. The number of carbonyl (C=O) groups excluding carboxylic acids is 2. The molecular weight excluding hydrogens is 298 g/mol. The van der Waals surface area contributed by atoms with Crippen LogP contribution in [0, 0.1) is 0 Å². The summed E-state index contributed by atoms with van der Waals surface area (Å²) in [5.74, 6) is -0.880. The molecule has 0 saturated carbocycles. The predicted molar refractivity (Wildman–Crippen MR) is 77.2 cm³/mol. The van der Waals surface area contributed by atoms with E-state index < -0.39 is 11.5 Å². The van der Waals surface area contributed by atoms with Crippen LogP contribution in [0.5, 0.6) is 0 Å². The van der Waals surface area contributed by atoms with Crippen molar-refractivity contribution in [1.82, 2.24) is 0 Å². The summed E-state index contributed by atoms with van der Waals surface area (Å²) in [7, 11) is 0. The lowest BCUT2D eigenvalue weighted by Crippen LogP contribution is -2.36. The quantitative estimate of drug-likeness (QED) is 0.857. The third kappa shape index (κ3) is 2.04. The van der Waals surface area contributed by atoms with Crippen LogP contribution in [0.2, 0.25) is 5.02 Å². The van der Waals surface area contributed by atoms with Crippen molar-refractivity contribution in [2.75, 3.05) is 5.32 Å². The van der Waals surface area contributed by atoms with E-state index in [-0.39, 0.29) is 12.2 Å². The number of Topliss-reactive ketones (excluding diaryl/α,β-unsaturated/α-hetero) is 1. The molecule has 0 spiro atoms. The molecule has 1 aliphatic heterocycles. The molecule has 20 heavy (non-hydrogen) atoms. The Balaban J connectivity index is 1.98. The van der Waals surface area contributed by atoms with E-state index in [0.29, 0.717) is 21.8 Å². The van der Waals surface area contributed by atoms with E-state index in [2.05, 4.69) is 5.32 Å². The van der Waals surface area contributed by atoms with Crippen molar-refractivity contribution in [2.45, 2.75) is 12.0 Å². The monoisotopic (exact) mass is 307 g/mol. The van der Waals surface area contributed by atoms with Crippen LogP contribution in [0.25, 0.3) is 0 Å². The fourth-order valence-corrected chi connectivity index (χ4v) is 3.08. The Kier molecular flexibility index (Phi) is 3.12. The van der Waals surface area contributed by atoms with Crippen molar-refractivity contribution in [2.24, 2.45) is 0 Å². The molecule has 0 saturated heterocycles. The first-order chi connectivity index (χ1) is 9.50. The number of ketones is 1. The minimum Gasteiger partial charge on any atom is -0.375 e. The summed E-state index contributed by atoms with van der Waals surface area (Å²) >= 11 is 7.29. The lowest BCUT2D eigenvalue weighted by Gasteiger charge is -2.19. The van der Waals surface area contributed by atoms with E-state index >= 15 is 0 Å². The zero-order valence-electron chi connectivity index (χ0n) is 10.2. The Morgan fingerprint density at radius 1 is 1.40 bits per heavy atom. The highest BCUT2D eigenvalue weighted by molar-refractivity contribution is 7.08. The minimum absolute atomic E-state index is 0.281. The average Bonchev–Trinajstić information content (AvgIpc) is 3.00. The minimum atomic E-state index is -1.86. The maximum atomic E-state index is 12.1. The van der Waals surface area contributed by atoms with E-state index in [1.54, 1.807) is 29.0 Å². The molecular formula is C14H10ClNO3S. The fourth-order valence-electron chi connectivity index (χ4n) is 2.25. The molecule has 4 nitrogen and oxygen atoms in total. The van der Waals surface area contributed by atoms with Gasteiger partial charge in [-0.15, -0.1) is 0 Å². The molecule has 0 bridgehead atoms. The smallest absolute Gasteiger partial charge is 0.261 e. The molecule has 2 heterocycles. The number of anilines is 1. The van der Waals surface area contributed by atoms with Gasteiger partial charge in [0.15, 0.2) is 11.4 Å². The van der Waals surface area contributed by atoms with Gasteiger partial charge in [-0.25, -0.2) is 0 Å². The van der Waals surface area contributed by atoms with Crippen molar-refractivity contribution in [1.29, 1.82) is 0 Å². The Bertz CT molecular complexity index is 698. The van der Waals surface area contributed by atoms with Gasteiger partial charge in [0.05, 0.1) is 6.42 Å². The highest BCUT2D eigenvalue weighted by atomic mass is 35.5. The lowest BCUT2D eigenvalue weighted by molar-refractivity contribution is -0.133. The van der Waals surface area contributed by atoms with Crippen LogP contribution in [0.15, 0.2) is 35.0 Å². The van der Waals surface area contributed by atoms with Gasteiger partial charge in [-0.2, -0.15) is 11.3 Å². The summed E-state index contributed by atoms with van der Waals surface area (Å²) < 4.78 is 0. The maximum absolute atomic E-state index is 12.1. The van der Waals surface area contributed by atoms with Crippen molar-refractivity contribution in [3.63, 3.8) is 0 Å². The number of aliphatic hydroxyl groups is 1. The van der Waals surface area contributed by atoms with E-state index in [1.165, 1.54) is 17.4 Å². The third-order valence-electron chi connectivity index (χ3n) is 3.31. The second kappa shape index (κ2) is 4.70. The molecule has 1 amide bonds. The van der Waals surface area contributed by atoms with Crippen molar-refractivity contribution < 1.29 is 14.7 Å². The zero-order chi connectivity index (χ0) is 14.3. The van der Waals surface area contributed by atoms with E-state index in [1.807, 2.05) is 0 Å². The van der Waals surface area contributed by atoms with E-state index in [0.717, 1.165) is 0 Å². The number of amides is 1. The summed E-state index contributed by atoms with van der Waals surface area (Å²) in [5, 5.41) is 17.1. The first-order valence-corrected chi connectivity index (χ1v) is 7.22. The molecule has 102 valence electrons. The van der Waals surface area contributed by atoms with Gasteiger partial charge in [-0.3, -0.25) is 9.59 Å². The number of thiophene rings is 1. The maximum Gasteiger partial charge on any atom is 0.261 e. The Hall–Kier alpha value is -1.69. The molecule has 3 rings (SSSR count). The van der Waals surface area contributed by atoms with Gasteiger partial charge >= 0.3 is 0 Å². The van der Waals surface area contributed by atoms with Crippen LogP contribution in [0.3, 0.4) is 0 Å². The predicted octanol–water partition coefficient (Wildman–Crippen LogP) is 2.81. The first kappa shape index (κ1) is 13.3. The second-order valence-corrected chi connectivity index (χ2v) is 5.83. The fraction of sp³-hybridized carbons (Fsp3) is 0.143. The summed E-state index contributed by atoms with van der Waals surface area (Å²) in [6, 6.07) is 6.41. The van der Waals surface area contributed by atoms with Gasteiger partial charge in [-0.1, -0.05) is 11.6 Å². The molecule has 0 fully saturated rings. The number of hydrogen-bond acceptors (Lipinski definition) is 4. The van der Waals surface area contributed by atoms with Gasteiger partial charge in [0.2, 0.25) is 0 Å². The number of fused-ring (bicyclic) bond motifs is 1. The number of benzene rings is 1. The van der Waals surface area contributed by atoms with Crippen LogP contribution in [-0.4, -0.2) is 16.8 Å². The summed E-state index contributed by atoms with van der Waals surface area (Å²) in [4.78, 5) is 24.2. The van der Waals surface area contributed by atoms with Crippen LogP contribution in [0.1, 0.15) is 22.3 Å². The van der Waals surface area contributed by atoms with E-state index in [9.17, 15) is 14.7 Å². The van der Waals surface area contributed by atoms with Gasteiger partial charge in [0.25, 0.3) is 5.91 Å². The number of halogens is 1. The average molecular weight is 308 g/mol. The molecule has 1 aromatic carbocycles. The molecule has 0 radical (unpaired) electrons. The number of carbonyl (C=O) groups is 2. The van der Waals surface area contributed by atoms with Gasteiger partial charge in [0, 0.05) is 27.2 Å². The summed E-state index contributed by atoms with van der Waals surface area (Å²) in [5.41, 5.74) is -0.537. The van der Waals surface area contributed by atoms with Crippen molar-refractivity contribution >= 4 is 40.3 Å². The highest BCUT2D eigenvalue weighted by Crippen LogP contribution is 2.40. The summed E-state index contributed by atoms with van der Waals surface area (Å²) in [6.45, 7) is 0. The molecule has 0 unspecified atom stereocenters. The van der Waals surface area contributed by atoms with E-state index in [4.69, 9.17) is 11.6 Å². The third-order valence-corrected chi connectivity index (χ3v) is 4.23. The normalized spacial score (nSPS) is 20.6. The standard InChI is InChI=1S/C14H10ClNO3S/c15-9-1-2-11-10(5-9)14(19,13(18)16-11)6-12(17)8-3-4-20-7-8/h1-5,7,19H,6H2,(H,16,18)/t14-/m0/s1. The SMILES string of the molecule is O=C(C[C@@]1(O)C(=O)Nc2ccc(Cl)cc21)c1ccsc1. The molecule has 6 heteroatoms. The van der Waals surface area contributed by atoms with Crippen molar-refractivity contribution in [3.8, 4) is 0 Å². The Morgan fingerprint density at radius 2 is 2.20 bits per heavy atom. The lowest BCUT2D eigenvalue weighted by atomic mass is 9.88. The largest absolute Gasteiger partial charge is 0.375 e. The molecule has 2 N–H and O–H groups in total. The van der Waals surface area contributed by atoms with Crippen molar-refractivity contribution in [3.05, 3.63) is 51.2 Å². The van der Waals surface area contributed by atoms with Gasteiger partial charge in [-0.05, 0) is 29.6 Å². The van der Waals surface area contributed by atoms with Crippen LogP contribution in [0.4, 0.5) is 5.69 Å². The van der Waals surface area contributed by atoms with Gasteiger partial charge in [0.1, 0.15) is 0 Å². The molecule has 1 aromatic heterocycles. The van der Waals surface area contributed by atoms with Crippen LogP contribution in [-0.2, 0) is 10.4 Å². The summed E-state index contributed by atoms with van der Waals surface area (Å²) in [6.07, 6.45) is -0.303. The number of rotatable bonds is 3. The number of nitrogens with one attached hydrogen (secondary N) is 1. The zero-order valence-corrected chi connectivity index (χ0v) is 11.8. The van der Waals surface area contributed by atoms with Gasteiger partial charge < -0.3 is 10.4 Å². The first-order valence-electron chi connectivity index (χ1n) is 5.90. The Labute approximate surface area is 124 Å². The molecule has 1 aliphatic rings. The molecule has 0 aliphatic carbocycles.